The maximum absolute atomic E-state index is 14.1. The van der Waals surface area contributed by atoms with Gasteiger partial charge in [0.15, 0.2) is 0 Å². The number of aryl methyl sites for hydroxylation is 1. The maximum Gasteiger partial charge on any atom is 0.264 e. The molecule has 1 aliphatic rings. The number of benzene rings is 3. The molecule has 0 spiro atoms. The van der Waals surface area contributed by atoms with Crippen LogP contribution in [0.15, 0.2) is 77.7 Å². The Hall–Kier alpha value is -3.07. The van der Waals surface area contributed by atoms with Crippen molar-refractivity contribution < 1.29 is 18.0 Å². The molecular weight excluding hydrogens is 581 g/mol. The van der Waals surface area contributed by atoms with E-state index in [2.05, 4.69) is 5.32 Å². The van der Waals surface area contributed by atoms with E-state index in [0.29, 0.717) is 15.6 Å². The van der Waals surface area contributed by atoms with Gasteiger partial charge in [0.05, 0.1) is 10.6 Å². The SMILES string of the molecule is Cc1ccc(Cl)cc1N(CC(=O)N(Cc1cccc(Cl)c1)C(C)C(=O)NC1CCCCC1)S(=O)(=O)c1ccccc1. The number of nitrogens with one attached hydrogen (secondary N) is 1. The van der Waals surface area contributed by atoms with Crippen molar-refractivity contribution in [3.05, 3.63) is 94.0 Å². The fourth-order valence-electron chi connectivity index (χ4n) is 5.07. The first-order valence-electron chi connectivity index (χ1n) is 13.7. The van der Waals surface area contributed by atoms with Gasteiger partial charge >= 0.3 is 0 Å². The quantitative estimate of drug-likeness (QED) is 0.287. The number of carbonyl (C=O) groups excluding carboxylic acids is 2. The highest BCUT2D eigenvalue weighted by molar-refractivity contribution is 7.92. The molecule has 41 heavy (non-hydrogen) atoms. The van der Waals surface area contributed by atoms with Crippen molar-refractivity contribution in [1.29, 1.82) is 0 Å². The van der Waals surface area contributed by atoms with Crippen molar-refractivity contribution in [1.82, 2.24) is 10.2 Å². The first kappa shape index (κ1) is 30.9. The Bertz CT molecular complexity index is 1480. The Labute approximate surface area is 252 Å². The first-order valence-corrected chi connectivity index (χ1v) is 15.9. The Morgan fingerprint density at radius 3 is 2.29 bits per heavy atom. The number of sulfonamides is 1. The molecule has 3 aromatic rings. The van der Waals surface area contributed by atoms with E-state index in [-0.39, 0.29) is 29.1 Å². The summed E-state index contributed by atoms with van der Waals surface area (Å²) < 4.78 is 29.0. The zero-order chi connectivity index (χ0) is 29.6. The molecule has 218 valence electrons. The zero-order valence-electron chi connectivity index (χ0n) is 23.2. The molecule has 1 N–H and O–H groups in total. The van der Waals surface area contributed by atoms with Crippen LogP contribution in [0.4, 0.5) is 5.69 Å². The van der Waals surface area contributed by atoms with E-state index < -0.39 is 28.5 Å². The third-order valence-electron chi connectivity index (χ3n) is 7.41. The third kappa shape index (κ3) is 7.82. The number of halogens is 2. The lowest BCUT2D eigenvalue weighted by Gasteiger charge is -2.33. The normalized spacial score (nSPS) is 14.7. The van der Waals surface area contributed by atoms with E-state index in [9.17, 15) is 18.0 Å². The van der Waals surface area contributed by atoms with Crippen molar-refractivity contribution in [2.45, 2.75) is 69.5 Å². The monoisotopic (exact) mass is 615 g/mol. The average Bonchev–Trinajstić information content (AvgIpc) is 2.96. The standard InChI is InChI=1S/C31H35Cl2N3O4S/c1-22-16-17-26(33)19-29(22)36(41(39,40)28-14-7-4-8-15-28)21-30(37)35(20-24-10-9-11-25(32)18-24)23(2)31(38)34-27-12-5-3-6-13-27/h4,7-11,14-19,23,27H,3,5-6,12-13,20-21H2,1-2H3,(H,34,38). The summed E-state index contributed by atoms with van der Waals surface area (Å²) in [7, 11) is -4.16. The van der Waals surface area contributed by atoms with Gasteiger partial charge in [0, 0.05) is 22.6 Å². The molecule has 7 nitrogen and oxygen atoms in total. The highest BCUT2D eigenvalue weighted by Crippen LogP contribution is 2.30. The molecule has 0 radical (unpaired) electrons. The second kappa shape index (κ2) is 13.7. The van der Waals surface area contributed by atoms with Gasteiger partial charge in [0.25, 0.3) is 10.0 Å². The second-order valence-electron chi connectivity index (χ2n) is 10.4. The molecule has 0 heterocycles. The van der Waals surface area contributed by atoms with E-state index in [0.717, 1.165) is 42.0 Å². The zero-order valence-corrected chi connectivity index (χ0v) is 25.6. The summed E-state index contributed by atoms with van der Waals surface area (Å²) >= 11 is 12.5. The molecule has 1 aliphatic carbocycles. The number of carbonyl (C=O) groups is 2. The number of hydrogen-bond donors (Lipinski definition) is 1. The Kier molecular flexibility index (Phi) is 10.3. The number of amides is 2. The summed E-state index contributed by atoms with van der Waals surface area (Å²) in [5, 5.41) is 3.93. The van der Waals surface area contributed by atoms with E-state index >= 15 is 0 Å². The molecule has 0 bridgehead atoms. The van der Waals surface area contributed by atoms with E-state index in [1.165, 1.54) is 23.1 Å². The third-order valence-corrected chi connectivity index (χ3v) is 9.65. The Balaban J connectivity index is 1.70. The van der Waals surface area contributed by atoms with Crippen LogP contribution >= 0.6 is 23.2 Å². The van der Waals surface area contributed by atoms with Gasteiger partial charge in [0.2, 0.25) is 11.8 Å². The van der Waals surface area contributed by atoms with Crippen LogP contribution < -0.4 is 9.62 Å². The largest absolute Gasteiger partial charge is 0.352 e. The Morgan fingerprint density at radius 1 is 0.927 bits per heavy atom. The van der Waals surface area contributed by atoms with E-state index in [1.54, 1.807) is 62.4 Å². The molecular formula is C31H35Cl2N3O4S. The van der Waals surface area contributed by atoms with Crippen LogP contribution in [-0.4, -0.2) is 43.8 Å². The molecule has 1 atom stereocenters. The number of anilines is 1. The minimum atomic E-state index is -4.16. The van der Waals surface area contributed by atoms with E-state index in [1.807, 2.05) is 6.07 Å². The van der Waals surface area contributed by atoms with E-state index in [4.69, 9.17) is 23.2 Å². The molecule has 1 fully saturated rings. The highest BCUT2D eigenvalue weighted by Gasteiger charge is 2.33. The average molecular weight is 617 g/mol. The first-order chi connectivity index (χ1) is 19.6. The van der Waals surface area contributed by atoms with Gasteiger partial charge in [-0.1, -0.05) is 78.9 Å². The lowest BCUT2D eigenvalue weighted by Crippen LogP contribution is -2.53. The molecule has 0 saturated heterocycles. The highest BCUT2D eigenvalue weighted by atomic mass is 35.5. The molecule has 0 aromatic heterocycles. The second-order valence-corrected chi connectivity index (χ2v) is 13.2. The van der Waals surface area contributed by atoms with Gasteiger partial charge in [-0.3, -0.25) is 13.9 Å². The molecule has 3 aromatic carbocycles. The molecule has 2 amide bonds. The van der Waals surface area contributed by atoms with Gasteiger partial charge in [-0.2, -0.15) is 0 Å². The van der Waals surface area contributed by atoms with Gasteiger partial charge < -0.3 is 10.2 Å². The summed E-state index contributed by atoms with van der Waals surface area (Å²) in [4.78, 5) is 29.0. The van der Waals surface area contributed by atoms with Crippen molar-refractivity contribution in [2.75, 3.05) is 10.8 Å². The molecule has 1 unspecified atom stereocenters. The maximum atomic E-state index is 14.1. The molecule has 0 aliphatic heterocycles. The molecule has 10 heteroatoms. The van der Waals surface area contributed by atoms with Crippen LogP contribution in [0.3, 0.4) is 0 Å². The van der Waals surface area contributed by atoms with Crippen LogP contribution in [-0.2, 0) is 26.2 Å². The summed E-state index contributed by atoms with van der Waals surface area (Å²) in [6.07, 6.45) is 5.05. The van der Waals surface area contributed by atoms with Crippen molar-refractivity contribution in [3.8, 4) is 0 Å². The molecule has 1 saturated carbocycles. The molecule has 4 rings (SSSR count). The van der Waals surface area contributed by atoms with Crippen LogP contribution in [0.5, 0.6) is 0 Å². The van der Waals surface area contributed by atoms with Crippen LogP contribution in [0.25, 0.3) is 0 Å². The topological polar surface area (TPSA) is 86.8 Å². The predicted octanol–water partition coefficient (Wildman–Crippen LogP) is 6.36. The van der Waals surface area contributed by atoms with Crippen molar-refractivity contribution in [2.24, 2.45) is 0 Å². The fourth-order valence-corrected chi connectivity index (χ4v) is 6.94. The van der Waals surface area contributed by atoms with Crippen LogP contribution in [0.1, 0.15) is 50.2 Å². The van der Waals surface area contributed by atoms with Gasteiger partial charge in [0.1, 0.15) is 12.6 Å². The van der Waals surface area contributed by atoms with Gasteiger partial charge in [-0.05, 0) is 74.2 Å². The smallest absolute Gasteiger partial charge is 0.264 e. The van der Waals surface area contributed by atoms with Crippen molar-refractivity contribution >= 4 is 50.7 Å². The minimum Gasteiger partial charge on any atom is -0.352 e. The lowest BCUT2D eigenvalue weighted by molar-refractivity contribution is -0.139. The summed E-state index contributed by atoms with van der Waals surface area (Å²) in [5.74, 6) is -0.807. The Morgan fingerprint density at radius 2 is 1.61 bits per heavy atom. The van der Waals surface area contributed by atoms with Crippen LogP contribution in [0.2, 0.25) is 10.0 Å². The van der Waals surface area contributed by atoms with Gasteiger partial charge in [-0.15, -0.1) is 0 Å². The lowest BCUT2D eigenvalue weighted by atomic mass is 9.95. The number of nitrogens with zero attached hydrogens (tertiary/aromatic N) is 2. The van der Waals surface area contributed by atoms with Gasteiger partial charge in [-0.25, -0.2) is 8.42 Å². The minimum absolute atomic E-state index is 0.0386. The predicted molar refractivity (Wildman–Crippen MR) is 164 cm³/mol. The number of hydrogen-bond acceptors (Lipinski definition) is 4. The summed E-state index contributed by atoms with van der Waals surface area (Å²) in [6.45, 7) is 2.97. The fraction of sp³-hybridized carbons (Fsp3) is 0.355. The summed E-state index contributed by atoms with van der Waals surface area (Å²) in [6, 6.07) is 19.1. The van der Waals surface area contributed by atoms with Crippen LogP contribution in [0, 0.1) is 6.92 Å². The van der Waals surface area contributed by atoms with Crippen molar-refractivity contribution in [3.63, 3.8) is 0 Å². The summed E-state index contributed by atoms with van der Waals surface area (Å²) in [5.41, 5.74) is 1.64. The number of rotatable bonds is 10.